The molecule has 1 aromatic heterocycles. The van der Waals surface area contributed by atoms with E-state index in [9.17, 15) is 4.79 Å². The number of likely N-dealkylation sites (N-methyl/N-ethyl adjacent to an activating group) is 1. The second-order valence-electron chi connectivity index (χ2n) is 6.64. The number of amides is 2. The van der Waals surface area contributed by atoms with Crippen molar-refractivity contribution in [2.45, 2.75) is 38.3 Å². The first kappa shape index (κ1) is 17.2. The predicted octanol–water partition coefficient (Wildman–Crippen LogP) is 1.38. The molecule has 134 valence electrons. The van der Waals surface area contributed by atoms with Crippen molar-refractivity contribution in [2.24, 2.45) is 7.05 Å². The van der Waals surface area contributed by atoms with E-state index in [0.29, 0.717) is 19.2 Å². The van der Waals surface area contributed by atoms with E-state index < -0.39 is 0 Å². The molecule has 2 atom stereocenters. The van der Waals surface area contributed by atoms with E-state index in [1.807, 2.05) is 28.9 Å². The van der Waals surface area contributed by atoms with E-state index >= 15 is 0 Å². The average molecular weight is 335 g/mol. The normalized spacial score (nSPS) is 25.2. The minimum atomic E-state index is 0.0305. The lowest BCUT2D eigenvalue weighted by Crippen LogP contribution is -2.53. The lowest BCUT2D eigenvalue weighted by atomic mass is 10.1. The average Bonchev–Trinajstić information content (AvgIpc) is 3.25. The Balaban J connectivity index is 1.54. The van der Waals surface area contributed by atoms with E-state index in [1.54, 1.807) is 0 Å². The van der Waals surface area contributed by atoms with Crippen LogP contribution in [-0.4, -0.2) is 70.8 Å². The Kier molecular flexibility index (Phi) is 5.73. The highest BCUT2D eigenvalue weighted by Crippen LogP contribution is 2.23. The minimum Gasteiger partial charge on any atom is -0.378 e. The number of nitrogens with one attached hydrogen (secondary N) is 1. The van der Waals surface area contributed by atoms with Crippen LogP contribution in [0.3, 0.4) is 0 Å². The Morgan fingerprint density at radius 2 is 2.33 bits per heavy atom. The number of aryl methyl sites for hydroxylation is 1. The SMILES string of the molecule is CCN1CCN(C(=O)NCC[C@H]2CCCO2)C[C@@H]1c1nccn1C. The molecule has 0 unspecified atom stereocenters. The predicted molar refractivity (Wildman–Crippen MR) is 91.8 cm³/mol. The van der Waals surface area contributed by atoms with E-state index in [-0.39, 0.29) is 12.1 Å². The molecule has 24 heavy (non-hydrogen) atoms. The van der Waals surface area contributed by atoms with Gasteiger partial charge in [-0.15, -0.1) is 0 Å². The zero-order valence-corrected chi connectivity index (χ0v) is 14.8. The van der Waals surface area contributed by atoms with Crippen molar-refractivity contribution in [3.8, 4) is 0 Å². The third kappa shape index (κ3) is 3.89. The standard InChI is InChI=1S/C17H29N5O2/c1-3-21-10-11-22(13-15(21)16-18-8-9-20(16)2)17(23)19-7-6-14-5-4-12-24-14/h8-9,14-15H,3-7,10-13H2,1-2H3,(H,19,23)/t14-,15-/m1/s1. The molecule has 1 aromatic rings. The molecule has 0 saturated carbocycles. The van der Waals surface area contributed by atoms with Crippen LogP contribution >= 0.6 is 0 Å². The summed E-state index contributed by atoms with van der Waals surface area (Å²) in [5.74, 6) is 1.02. The summed E-state index contributed by atoms with van der Waals surface area (Å²) in [5.41, 5.74) is 0. The second kappa shape index (κ2) is 7.98. The number of carbonyl (C=O) groups is 1. The van der Waals surface area contributed by atoms with Gasteiger partial charge in [0.2, 0.25) is 0 Å². The van der Waals surface area contributed by atoms with Crippen LogP contribution in [-0.2, 0) is 11.8 Å². The van der Waals surface area contributed by atoms with Crippen LogP contribution in [0.15, 0.2) is 12.4 Å². The van der Waals surface area contributed by atoms with Gasteiger partial charge in [-0.3, -0.25) is 4.90 Å². The first-order valence-corrected chi connectivity index (χ1v) is 9.04. The Morgan fingerprint density at radius 1 is 1.46 bits per heavy atom. The molecule has 0 spiro atoms. The van der Waals surface area contributed by atoms with Crippen molar-refractivity contribution in [1.82, 2.24) is 24.7 Å². The number of aromatic nitrogens is 2. The molecule has 0 aromatic carbocycles. The highest BCUT2D eigenvalue weighted by Gasteiger charge is 2.31. The van der Waals surface area contributed by atoms with Gasteiger partial charge in [0.25, 0.3) is 0 Å². The first-order chi connectivity index (χ1) is 11.7. The van der Waals surface area contributed by atoms with Gasteiger partial charge in [0.15, 0.2) is 0 Å². The summed E-state index contributed by atoms with van der Waals surface area (Å²) in [5, 5.41) is 3.05. The number of nitrogens with zero attached hydrogens (tertiary/aromatic N) is 4. The third-order valence-electron chi connectivity index (χ3n) is 5.11. The van der Waals surface area contributed by atoms with Crippen molar-refractivity contribution in [2.75, 3.05) is 39.3 Å². The fourth-order valence-electron chi connectivity index (χ4n) is 3.65. The van der Waals surface area contributed by atoms with Crippen molar-refractivity contribution in [3.63, 3.8) is 0 Å². The molecule has 3 heterocycles. The zero-order valence-electron chi connectivity index (χ0n) is 14.8. The molecule has 2 aliphatic rings. The highest BCUT2D eigenvalue weighted by molar-refractivity contribution is 5.74. The Hall–Kier alpha value is -1.60. The first-order valence-electron chi connectivity index (χ1n) is 9.04. The van der Waals surface area contributed by atoms with Crippen LogP contribution in [0, 0.1) is 0 Å². The molecule has 2 amide bonds. The lowest BCUT2D eigenvalue weighted by molar-refractivity contribution is 0.0854. The van der Waals surface area contributed by atoms with Crippen molar-refractivity contribution in [1.29, 1.82) is 0 Å². The lowest BCUT2D eigenvalue weighted by Gasteiger charge is -2.40. The zero-order chi connectivity index (χ0) is 16.9. The topological polar surface area (TPSA) is 62.6 Å². The van der Waals surface area contributed by atoms with Gasteiger partial charge in [-0.1, -0.05) is 6.92 Å². The van der Waals surface area contributed by atoms with E-state index in [2.05, 4.69) is 22.1 Å². The number of hydrogen-bond acceptors (Lipinski definition) is 4. The molecule has 0 bridgehead atoms. The number of hydrogen-bond donors (Lipinski definition) is 1. The van der Waals surface area contributed by atoms with Crippen molar-refractivity contribution >= 4 is 6.03 Å². The number of rotatable bonds is 5. The molecule has 1 N–H and O–H groups in total. The van der Waals surface area contributed by atoms with Crippen LogP contribution in [0.4, 0.5) is 4.79 Å². The summed E-state index contributed by atoms with van der Waals surface area (Å²) < 4.78 is 7.65. The summed E-state index contributed by atoms with van der Waals surface area (Å²) >= 11 is 0. The Labute approximate surface area is 144 Å². The fourth-order valence-corrected chi connectivity index (χ4v) is 3.65. The van der Waals surface area contributed by atoms with Gasteiger partial charge in [0.05, 0.1) is 12.1 Å². The van der Waals surface area contributed by atoms with Crippen LogP contribution in [0.1, 0.15) is 38.1 Å². The number of imidazole rings is 1. The number of ether oxygens (including phenoxy) is 1. The summed E-state index contributed by atoms with van der Waals surface area (Å²) in [6, 6.07) is 0.190. The molecule has 3 rings (SSSR count). The van der Waals surface area contributed by atoms with E-state index in [4.69, 9.17) is 4.74 Å². The van der Waals surface area contributed by atoms with Gasteiger partial charge in [-0.25, -0.2) is 9.78 Å². The third-order valence-corrected chi connectivity index (χ3v) is 5.11. The van der Waals surface area contributed by atoms with Gasteiger partial charge < -0.3 is 19.5 Å². The molecular formula is C17H29N5O2. The Bertz CT molecular complexity index is 541. The van der Waals surface area contributed by atoms with E-state index in [0.717, 1.165) is 51.3 Å². The highest BCUT2D eigenvalue weighted by atomic mass is 16.5. The van der Waals surface area contributed by atoms with Crippen LogP contribution in [0.25, 0.3) is 0 Å². The van der Waals surface area contributed by atoms with Crippen LogP contribution in [0.2, 0.25) is 0 Å². The smallest absolute Gasteiger partial charge is 0.317 e. The van der Waals surface area contributed by atoms with Gasteiger partial charge in [0, 0.05) is 52.2 Å². The summed E-state index contributed by atoms with van der Waals surface area (Å²) in [6.45, 7) is 7.00. The maximum absolute atomic E-state index is 12.5. The monoisotopic (exact) mass is 335 g/mol. The molecular weight excluding hydrogens is 306 g/mol. The number of carbonyl (C=O) groups excluding carboxylic acids is 1. The Morgan fingerprint density at radius 3 is 3.00 bits per heavy atom. The van der Waals surface area contributed by atoms with Gasteiger partial charge >= 0.3 is 6.03 Å². The van der Waals surface area contributed by atoms with Gasteiger partial charge in [-0.2, -0.15) is 0 Å². The van der Waals surface area contributed by atoms with E-state index in [1.165, 1.54) is 0 Å². The largest absolute Gasteiger partial charge is 0.378 e. The number of piperazine rings is 1. The summed E-state index contributed by atoms with van der Waals surface area (Å²) in [4.78, 5) is 21.3. The fraction of sp³-hybridized carbons (Fsp3) is 0.765. The molecule has 2 saturated heterocycles. The van der Waals surface area contributed by atoms with Crippen molar-refractivity contribution in [3.05, 3.63) is 18.2 Å². The quantitative estimate of drug-likeness (QED) is 0.883. The molecule has 0 radical (unpaired) electrons. The van der Waals surface area contributed by atoms with Crippen LogP contribution < -0.4 is 5.32 Å². The molecule has 0 aliphatic carbocycles. The second-order valence-corrected chi connectivity index (χ2v) is 6.64. The van der Waals surface area contributed by atoms with Crippen LogP contribution in [0.5, 0.6) is 0 Å². The maximum atomic E-state index is 12.5. The maximum Gasteiger partial charge on any atom is 0.317 e. The molecule has 2 fully saturated rings. The summed E-state index contributed by atoms with van der Waals surface area (Å²) in [6.07, 6.45) is 7.27. The number of urea groups is 1. The van der Waals surface area contributed by atoms with Crippen molar-refractivity contribution < 1.29 is 9.53 Å². The van der Waals surface area contributed by atoms with Gasteiger partial charge in [0.1, 0.15) is 5.82 Å². The molecule has 7 nitrogen and oxygen atoms in total. The molecule has 2 aliphatic heterocycles. The molecule has 7 heteroatoms. The minimum absolute atomic E-state index is 0.0305. The summed E-state index contributed by atoms with van der Waals surface area (Å²) in [7, 11) is 2.01. The van der Waals surface area contributed by atoms with Gasteiger partial charge in [-0.05, 0) is 25.8 Å².